The van der Waals surface area contributed by atoms with E-state index in [4.69, 9.17) is 0 Å². The van der Waals surface area contributed by atoms with Gasteiger partial charge in [0.1, 0.15) is 0 Å². The molecule has 5 nitrogen and oxygen atoms in total. The summed E-state index contributed by atoms with van der Waals surface area (Å²) in [4.78, 5) is 0. The molecule has 72 valence electrons. The van der Waals surface area contributed by atoms with Crippen molar-refractivity contribution in [2.24, 2.45) is 0 Å². The van der Waals surface area contributed by atoms with Crippen molar-refractivity contribution in [3.63, 3.8) is 0 Å². The van der Waals surface area contributed by atoms with E-state index in [0.717, 1.165) is 11.3 Å². The van der Waals surface area contributed by atoms with E-state index in [2.05, 4.69) is 20.8 Å². The van der Waals surface area contributed by atoms with Gasteiger partial charge in [-0.3, -0.25) is 0 Å². The third kappa shape index (κ3) is 1.32. The molecule has 2 aromatic rings. The average molecular weight is 189 g/mol. The first-order chi connectivity index (χ1) is 6.83. The number of hydrogen-bond acceptors (Lipinski definition) is 4. The van der Waals surface area contributed by atoms with Crippen LogP contribution in [0.1, 0.15) is 5.56 Å². The van der Waals surface area contributed by atoms with Gasteiger partial charge in [-0.15, -0.1) is 0 Å². The van der Waals surface area contributed by atoms with Crippen LogP contribution >= 0.6 is 0 Å². The molecule has 0 aliphatic carbocycles. The molecule has 0 aliphatic heterocycles. The lowest BCUT2D eigenvalue weighted by Gasteiger charge is -2.05. The van der Waals surface area contributed by atoms with Crippen molar-refractivity contribution in [1.29, 1.82) is 0 Å². The van der Waals surface area contributed by atoms with Gasteiger partial charge in [0.05, 0.1) is 5.69 Å². The van der Waals surface area contributed by atoms with Gasteiger partial charge in [-0.1, -0.05) is 23.3 Å². The summed E-state index contributed by atoms with van der Waals surface area (Å²) in [6.07, 6.45) is 0. The quantitative estimate of drug-likeness (QED) is 0.766. The molecule has 1 aromatic heterocycles. The van der Waals surface area contributed by atoms with Gasteiger partial charge in [0.15, 0.2) is 0 Å². The van der Waals surface area contributed by atoms with Gasteiger partial charge >= 0.3 is 0 Å². The van der Waals surface area contributed by atoms with Crippen molar-refractivity contribution in [2.75, 3.05) is 12.4 Å². The highest BCUT2D eigenvalue weighted by atomic mass is 15.6. The van der Waals surface area contributed by atoms with Crippen LogP contribution in [-0.4, -0.2) is 27.3 Å². The van der Waals surface area contributed by atoms with Crippen LogP contribution in [0, 0.1) is 6.92 Å². The van der Waals surface area contributed by atoms with E-state index in [1.165, 1.54) is 0 Å². The highest BCUT2D eigenvalue weighted by molar-refractivity contribution is 5.43. The molecule has 0 unspecified atom stereocenters. The zero-order valence-corrected chi connectivity index (χ0v) is 8.10. The minimum Gasteiger partial charge on any atom is -0.356 e. The molecule has 0 fully saturated rings. The average Bonchev–Trinajstić information content (AvgIpc) is 2.66. The molecule has 0 bridgehead atoms. The number of aromatic nitrogens is 4. The Balaban J connectivity index is 2.54. The van der Waals surface area contributed by atoms with E-state index in [-0.39, 0.29) is 0 Å². The molecule has 1 heterocycles. The van der Waals surface area contributed by atoms with Gasteiger partial charge in [-0.2, -0.15) is 4.68 Å². The lowest BCUT2D eigenvalue weighted by Crippen LogP contribution is -2.04. The first-order valence-electron chi connectivity index (χ1n) is 4.35. The first-order valence-corrected chi connectivity index (χ1v) is 4.35. The zero-order valence-electron chi connectivity index (χ0n) is 8.10. The van der Waals surface area contributed by atoms with Gasteiger partial charge < -0.3 is 5.32 Å². The first kappa shape index (κ1) is 8.68. The van der Waals surface area contributed by atoms with Gasteiger partial charge in [-0.05, 0) is 29.0 Å². The Labute approximate surface area is 81.8 Å². The molecular weight excluding hydrogens is 178 g/mol. The minimum atomic E-state index is 0.638. The maximum absolute atomic E-state index is 3.91. The van der Waals surface area contributed by atoms with E-state index in [1.807, 2.05) is 31.2 Å². The molecule has 0 atom stereocenters. The van der Waals surface area contributed by atoms with Crippen molar-refractivity contribution < 1.29 is 0 Å². The molecule has 1 aromatic carbocycles. The predicted molar refractivity (Wildman–Crippen MR) is 53.4 cm³/mol. The number of hydrogen-bond donors (Lipinski definition) is 1. The molecule has 2 rings (SSSR count). The topological polar surface area (TPSA) is 55.6 Å². The second-order valence-corrected chi connectivity index (χ2v) is 2.95. The van der Waals surface area contributed by atoms with Crippen LogP contribution in [0.2, 0.25) is 0 Å². The Hall–Kier alpha value is -1.91. The van der Waals surface area contributed by atoms with E-state index in [1.54, 1.807) is 11.7 Å². The van der Waals surface area contributed by atoms with Crippen molar-refractivity contribution in [2.45, 2.75) is 6.92 Å². The molecule has 0 saturated carbocycles. The predicted octanol–water partition coefficient (Wildman–Crippen LogP) is 1.01. The summed E-state index contributed by atoms with van der Waals surface area (Å²) in [6, 6.07) is 7.95. The Morgan fingerprint density at radius 3 is 2.79 bits per heavy atom. The van der Waals surface area contributed by atoms with Crippen LogP contribution in [0.5, 0.6) is 0 Å². The van der Waals surface area contributed by atoms with E-state index in [9.17, 15) is 0 Å². The van der Waals surface area contributed by atoms with Crippen molar-refractivity contribution in [3.05, 3.63) is 29.8 Å². The van der Waals surface area contributed by atoms with Crippen LogP contribution in [-0.2, 0) is 0 Å². The van der Waals surface area contributed by atoms with Gasteiger partial charge in [-0.25, -0.2) is 0 Å². The summed E-state index contributed by atoms with van der Waals surface area (Å²) < 4.78 is 1.68. The molecule has 1 N–H and O–H groups in total. The summed E-state index contributed by atoms with van der Waals surface area (Å²) in [6.45, 7) is 2.02. The van der Waals surface area contributed by atoms with Crippen LogP contribution in [0.25, 0.3) is 5.69 Å². The van der Waals surface area contributed by atoms with Crippen LogP contribution in [0.4, 0.5) is 5.95 Å². The molecule has 5 heteroatoms. The number of tetrazole rings is 1. The summed E-state index contributed by atoms with van der Waals surface area (Å²) in [7, 11) is 1.79. The summed E-state index contributed by atoms with van der Waals surface area (Å²) in [5, 5.41) is 14.3. The monoisotopic (exact) mass is 189 g/mol. The fraction of sp³-hybridized carbons (Fsp3) is 0.222. The van der Waals surface area contributed by atoms with Gasteiger partial charge in [0, 0.05) is 7.05 Å². The highest BCUT2D eigenvalue weighted by Gasteiger charge is 2.07. The minimum absolute atomic E-state index is 0.638. The van der Waals surface area contributed by atoms with Gasteiger partial charge in [0.2, 0.25) is 5.95 Å². The molecule has 14 heavy (non-hydrogen) atoms. The number of benzene rings is 1. The van der Waals surface area contributed by atoms with E-state index >= 15 is 0 Å². The molecule has 0 saturated heterocycles. The molecule has 0 spiro atoms. The van der Waals surface area contributed by atoms with E-state index in [0.29, 0.717) is 5.95 Å². The van der Waals surface area contributed by atoms with Crippen molar-refractivity contribution in [3.8, 4) is 5.69 Å². The van der Waals surface area contributed by atoms with E-state index < -0.39 is 0 Å². The Bertz CT molecular complexity index is 434. The summed E-state index contributed by atoms with van der Waals surface area (Å²) >= 11 is 0. The Kier molecular flexibility index (Phi) is 2.14. The van der Waals surface area contributed by atoms with Crippen molar-refractivity contribution in [1.82, 2.24) is 20.2 Å². The summed E-state index contributed by atoms with van der Waals surface area (Å²) in [5.74, 6) is 0.638. The fourth-order valence-electron chi connectivity index (χ4n) is 1.31. The molecule has 0 amide bonds. The molecule has 0 radical (unpaired) electrons. The third-order valence-corrected chi connectivity index (χ3v) is 2.04. The number of aryl methyl sites for hydroxylation is 1. The standard InChI is InChI=1S/C9H11N5/c1-7-5-3-4-6-8(7)14-9(10-2)11-12-13-14/h3-6H,1-2H3,(H,10,11,13). The normalized spacial score (nSPS) is 10.1. The maximum atomic E-state index is 3.91. The molecular formula is C9H11N5. The number of nitrogens with one attached hydrogen (secondary N) is 1. The fourth-order valence-corrected chi connectivity index (χ4v) is 1.31. The zero-order chi connectivity index (χ0) is 9.97. The Morgan fingerprint density at radius 2 is 2.07 bits per heavy atom. The highest BCUT2D eigenvalue weighted by Crippen LogP contribution is 2.14. The second-order valence-electron chi connectivity index (χ2n) is 2.95. The van der Waals surface area contributed by atoms with Crippen LogP contribution in [0.15, 0.2) is 24.3 Å². The smallest absolute Gasteiger partial charge is 0.247 e. The lowest BCUT2D eigenvalue weighted by atomic mass is 10.2. The number of rotatable bonds is 2. The number of nitrogens with zero attached hydrogens (tertiary/aromatic N) is 4. The number of anilines is 1. The SMILES string of the molecule is CNc1nnnn1-c1ccccc1C. The number of para-hydroxylation sites is 1. The maximum Gasteiger partial charge on any atom is 0.247 e. The van der Waals surface area contributed by atoms with Gasteiger partial charge in [0.25, 0.3) is 0 Å². The van der Waals surface area contributed by atoms with Crippen molar-refractivity contribution >= 4 is 5.95 Å². The molecule has 0 aliphatic rings. The Morgan fingerprint density at radius 1 is 1.29 bits per heavy atom. The largest absolute Gasteiger partial charge is 0.356 e. The lowest BCUT2D eigenvalue weighted by molar-refractivity contribution is 0.787. The van der Waals surface area contributed by atoms with Crippen LogP contribution < -0.4 is 5.32 Å². The summed E-state index contributed by atoms with van der Waals surface area (Å²) in [5.41, 5.74) is 2.12. The third-order valence-electron chi connectivity index (χ3n) is 2.04. The second kappa shape index (κ2) is 3.45. The van der Waals surface area contributed by atoms with Crippen LogP contribution in [0.3, 0.4) is 0 Å².